The van der Waals surface area contributed by atoms with Gasteiger partial charge in [0.15, 0.2) is 0 Å². The van der Waals surface area contributed by atoms with Gasteiger partial charge in [0.2, 0.25) is 5.91 Å². The number of hydrogen-bond donors (Lipinski definition) is 1. The smallest absolute Gasteiger partial charge is 0.373 e. The molecule has 1 atom stereocenters. The van der Waals surface area contributed by atoms with E-state index in [0.29, 0.717) is 12.3 Å². The summed E-state index contributed by atoms with van der Waals surface area (Å²) in [5.41, 5.74) is 3.09. The van der Waals surface area contributed by atoms with Crippen molar-refractivity contribution in [2.24, 2.45) is 0 Å². The summed E-state index contributed by atoms with van der Waals surface area (Å²) in [5, 5.41) is 6.88. The summed E-state index contributed by atoms with van der Waals surface area (Å²) in [4.78, 5) is 12.5. The van der Waals surface area contributed by atoms with Crippen molar-refractivity contribution < 1.29 is 22.7 Å². The Balaban J connectivity index is 1.49. The number of aromatic nitrogens is 2. The third-order valence-electron chi connectivity index (χ3n) is 5.59. The second-order valence-electron chi connectivity index (χ2n) is 7.97. The first-order chi connectivity index (χ1) is 15.2. The number of halogens is 3. The maximum atomic E-state index is 13.8. The van der Waals surface area contributed by atoms with Crippen molar-refractivity contribution in [2.45, 2.75) is 45.5 Å². The van der Waals surface area contributed by atoms with E-state index in [-0.39, 0.29) is 24.4 Å². The molecule has 0 saturated heterocycles. The van der Waals surface area contributed by atoms with Crippen LogP contribution in [0.5, 0.6) is 0 Å². The highest BCUT2D eigenvalue weighted by molar-refractivity contribution is 5.76. The van der Waals surface area contributed by atoms with Crippen LogP contribution in [0.3, 0.4) is 0 Å². The number of alkyl halides is 3. The first-order valence-corrected chi connectivity index (χ1v) is 10.4. The molecule has 1 aliphatic heterocycles. The fourth-order valence-electron chi connectivity index (χ4n) is 4.08. The molecule has 0 radical (unpaired) electrons. The number of nitrogens with zero attached hydrogens (tertiary/aromatic N) is 2. The Labute approximate surface area is 184 Å². The number of carbonyl (C=O) groups is 1. The average Bonchev–Trinajstić information content (AvgIpc) is 3.09. The first-order valence-electron chi connectivity index (χ1n) is 10.4. The minimum atomic E-state index is -4.56. The minimum absolute atomic E-state index is 0.00101. The van der Waals surface area contributed by atoms with E-state index in [0.717, 1.165) is 35.0 Å². The van der Waals surface area contributed by atoms with E-state index in [2.05, 4.69) is 10.4 Å². The van der Waals surface area contributed by atoms with Crippen molar-refractivity contribution in [1.82, 2.24) is 15.1 Å². The lowest BCUT2D eigenvalue weighted by atomic mass is 9.95. The highest BCUT2D eigenvalue weighted by Crippen LogP contribution is 2.34. The lowest BCUT2D eigenvalue weighted by Gasteiger charge is -2.25. The molecule has 0 bridgehead atoms. The Morgan fingerprint density at radius 1 is 1.19 bits per heavy atom. The topological polar surface area (TPSA) is 56.2 Å². The molecule has 0 fully saturated rings. The van der Waals surface area contributed by atoms with Crippen LogP contribution in [0, 0.1) is 13.8 Å². The summed E-state index contributed by atoms with van der Waals surface area (Å²) < 4.78 is 48.5. The van der Waals surface area contributed by atoms with Gasteiger partial charge in [0.25, 0.3) is 0 Å². The minimum Gasteiger partial charge on any atom is -0.373 e. The molecule has 8 heteroatoms. The number of carbonyl (C=O) groups excluding carboxylic acids is 1. The van der Waals surface area contributed by atoms with Crippen molar-refractivity contribution >= 4 is 5.91 Å². The molecule has 1 aromatic heterocycles. The van der Waals surface area contributed by atoms with Crippen LogP contribution in [0.2, 0.25) is 0 Å². The molecule has 2 aromatic carbocycles. The molecule has 168 valence electrons. The summed E-state index contributed by atoms with van der Waals surface area (Å²) in [6.07, 6.45) is -4.11. The first kappa shape index (κ1) is 22.1. The predicted octanol–water partition coefficient (Wildman–Crippen LogP) is 4.83. The van der Waals surface area contributed by atoms with Gasteiger partial charge in [0.1, 0.15) is 0 Å². The Morgan fingerprint density at radius 3 is 2.69 bits per heavy atom. The Hall–Kier alpha value is -3.13. The van der Waals surface area contributed by atoms with Gasteiger partial charge in [-0.2, -0.15) is 18.3 Å². The van der Waals surface area contributed by atoms with Crippen LogP contribution in [-0.2, 0) is 28.7 Å². The van der Waals surface area contributed by atoms with Gasteiger partial charge in [-0.05, 0) is 55.2 Å². The Morgan fingerprint density at radius 2 is 1.97 bits per heavy atom. The van der Waals surface area contributed by atoms with Gasteiger partial charge in [-0.3, -0.25) is 4.79 Å². The fraction of sp³-hybridized carbons (Fsp3) is 0.333. The molecule has 4 rings (SSSR count). The fourth-order valence-corrected chi connectivity index (χ4v) is 4.08. The van der Waals surface area contributed by atoms with Crippen LogP contribution in [0.15, 0.2) is 48.5 Å². The number of hydrogen-bond acceptors (Lipinski definition) is 3. The van der Waals surface area contributed by atoms with Crippen LogP contribution in [0.4, 0.5) is 13.2 Å². The molecule has 32 heavy (non-hydrogen) atoms. The second-order valence-corrected chi connectivity index (χ2v) is 7.97. The predicted molar refractivity (Wildman–Crippen MR) is 113 cm³/mol. The van der Waals surface area contributed by atoms with Crippen molar-refractivity contribution in [3.8, 4) is 5.69 Å². The highest BCUT2D eigenvalue weighted by atomic mass is 19.4. The van der Waals surface area contributed by atoms with Crippen LogP contribution < -0.4 is 5.32 Å². The lowest BCUT2D eigenvalue weighted by Crippen LogP contribution is -2.28. The van der Waals surface area contributed by atoms with Crippen LogP contribution in [-0.4, -0.2) is 22.3 Å². The standard InChI is InChI=1S/C24H24F3N3O2/c1-15-11-16(2)30(29-15)19-8-7-18(21(12-19)24(25,26)27)14-28-23(31)13-22-20-6-4-3-5-17(20)9-10-32-22/h3-8,11-12,22H,9-10,13-14H2,1-2H3,(H,28,31). The molecule has 0 saturated carbocycles. The lowest BCUT2D eigenvalue weighted by molar-refractivity contribution is -0.138. The molecule has 0 spiro atoms. The van der Waals surface area contributed by atoms with E-state index in [1.54, 1.807) is 26.0 Å². The maximum Gasteiger partial charge on any atom is 0.416 e. The van der Waals surface area contributed by atoms with E-state index in [1.807, 2.05) is 24.3 Å². The molecule has 1 amide bonds. The van der Waals surface area contributed by atoms with Crippen LogP contribution >= 0.6 is 0 Å². The number of amides is 1. The van der Waals surface area contributed by atoms with Crippen molar-refractivity contribution in [3.63, 3.8) is 0 Å². The quantitative estimate of drug-likeness (QED) is 0.615. The number of fused-ring (bicyclic) bond motifs is 1. The highest BCUT2D eigenvalue weighted by Gasteiger charge is 2.34. The number of rotatable bonds is 5. The SMILES string of the molecule is Cc1cc(C)n(-c2ccc(CNC(=O)CC3OCCc4ccccc43)c(C(F)(F)F)c2)n1. The molecular formula is C24H24F3N3O2. The van der Waals surface area contributed by atoms with Gasteiger partial charge in [-0.15, -0.1) is 0 Å². The van der Waals surface area contributed by atoms with E-state index >= 15 is 0 Å². The van der Waals surface area contributed by atoms with E-state index in [4.69, 9.17) is 4.74 Å². The largest absolute Gasteiger partial charge is 0.416 e. The van der Waals surface area contributed by atoms with Gasteiger partial charge < -0.3 is 10.1 Å². The monoisotopic (exact) mass is 443 g/mol. The third kappa shape index (κ3) is 4.70. The van der Waals surface area contributed by atoms with E-state index < -0.39 is 17.8 Å². The molecule has 0 aliphatic carbocycles. The molecule has 1 N–H and O–H groups in total. The Bertz CT molecular complexity index is 1140. The molecule has 2 heterocycles. The Kier molecular flexibility index (Phi) is 6.06. The van der Waals surface area contributed by atoms with Gasteiger partial charge in [0.05, 0.1) is 36.1 Å². The normalized spacial score (nSPS) is 16.0. The molecular weight excluding hydrogens is 419 g/mol. The summed E-state index contributed by atoms with van der Waals surface area (Å²) >= 11 is 0. The van der Waals surface area contributed by atoms with Crippen LogP contribution in [0.1, 0.15) is 46.2 Å². The summed E-state index contributed by atoms with van der Waals surface area (Å²) in [6.45, 7) is 3.86. The molecule has 1 unspecified atom stereocenters. The van der Waals surface area contributed by atoms with Crippen molar-refractivity contribution in [2.75, 3.05) is 6.61 Å². The van der Waals surface area contributed by atoms with Crippen molar-refractivity contribution in [1.29, 1.82) is 0 Å². The van der Waals surface area contributed by atoms with E-state index in [9.17, 15) is 18.0 Å². The maximum absolute atomic E-state index is 13.8. The molecule has 3 aromatic rings. The number of nitrogens with one attached hydrogen (secondary N) is 1. The third-order valence-corrected chi connectivity index (χ3v) is 5.59. The van der Waals surface area contributed by atoms with Gasteiger partial charge >= 0.3 is 6.18 Å². The average molecular weight is 443 g/mol. The summed E-state index contributed by atoms with van der Waals surface area (Å²) in [7, 11) is 0. The van der Waals surface area contributed by atoms with Gasteiger partial charge in [0, 0.05) is 12.2 Å². The van der Waals surface area contributed by atoms with E-state index in [1.165, 1.54) is 10.7 Å². The summed E-state index contributed by atoms with van der Waals surface area (Å²) in [5.74, 6) is -0.359. The second kappa shape index (κ2) is 8.78. The summed E-state index contributed by atoms with van der Waals surface area (Å²) in [6, 6.07) is 13.6. The molecule has 1 aliphatic rings. The zero-order valence-electron chi connectivity index (χ0n) is 17.9. The number of benzene rings is 2. The van der Waals surface area contributed by atoms with Gasteiger partial charge in [-0.1, -0.05) is 30.3 Å². The zero-order chi connectivity index (χ0) is 22.9. The van der Waals surface area contributed by atoms with Gasteiger partial charge in [-0.25, -0.2) is 4.68 Å². The molecule has 5 nitrogen and oxygen atoms in total. The number of ether oxygens (including phenoxy) is 1. The number of aryl methyl sites for hydroxylation is 2. The van der Waals surface area contributed by atoms with Crippen molar-refractivity contribution in [3.05, 3.63) is 82.2 Å². The van der Waals surface area contributed by atoms with Crippen LogP contribution in [0.25, 0.3) is 5.69 Å². The zero-order valence-corrected chi connectivity index (χ0v) is 17.9.